The molecule has 21 heavy (non-hydrogen) atoms. The summed E-state index contributed by atoms with van der Waals surface area (Å²) in [6.07, 6.45) is 4.91. The number of hydrogen-bond acceptors (Lipinski definition) is 5. The standard InChI is InChI=1S/C16H21N3O2/c1-21-15-6-5-13-16(18-15)12(7-8-17-13)14(20)11-19-9-3-2-4-10-19/h5-8,14,20H,2-4,9-11H2,1H3/t14-/m1/s1. The Morgan fingerprint density at radius 3 is 2.81 bits per heavy atom. The molecule has 1 fully saturated rings. The van der Waals surface area contributed by atoms with E-state index in [0.717, 1.165) is 29.7 Å². The van der Waals surface area contributed by atoms with Gasteiger partial charge in [0.2, 0.25) is 5.88 Å². The average molecular weight is 287 g/mol. The first-order chi connectivity index (χ1) is 10.3. The highest BCUT2D eigenvalue weighted by Crippen LogP contribution is 2.24. The van der Waals surface area contributed by atoms with Gasteiger partial charge in [0.05, 0.1) is 24.2 Å². The van der Waals surface area contributed by atoms with Crippen molar-refractivity contribution >= 4 is 11.0 Å². The maximum Gasteiger partial charge on any atom is 0.213 e. The van der Waals surface area contributed by atoms with Gasteiger partial charge in [-0.2, -0.15) is 0 Å². The Labute approximate surface area is 124 Å². The first kappa shape index (κ1) is 14.2. The molecule has 0 bridgehead atoms. The van der Waals surface area contributed by atoms with E-state index < -0.39 is 6.10 Å². The van der Waals surface area contributed by atoms with E-state index in [0.29, 0.717) is 12.4 Å². The van der Waals surface area contributed by atoms with Crippen LogP contribution in [-0.2, 0) is 0 Å². The van der Waals surface area contributed by atoms with Gasteiger partial charge in [-0.15, -0.1) is 0 Å². The normalized spacial score (nSPS) is 17.8. The maximum absolute atomic E-state index is 10.6. The van der Waals surface area contributed by atoms with Gasteiger partial charge in [-0.05, 0) is 38.1 Å². The van der Waals surface area contributed by atoms with Gasteiger partial charge in [0.1, 0.15) is 0 Å². The van der Waals surface area contributed by atoms with Crippen molar-refractivity contribution in [2.75, 3.05) is 26.7 Å². The van der Waals surface area contributed by atoms with Gasteiger partial charge in [0, 0.05) is 24.4 Å². The van der Waals surface area contributed by atoms with Crippen LogP contribution >= 0.6 is 0 Å². The molecule has 112 valence electrons. The van der Waals surface area contributed by atoms with Crippen molar-refractivity contribution in [2.45, 2.75) is 25.4 Å². The van der Waals surface area contributed by atoms with E-state index in [9.17, 15) is 5.11 Å². The molecular weight excluding hydrogens is 266 g/mol. The molecule has 1 saturated heterocycles. The monoisotopic (exact) mass is 287 g/mol. The number of hydrogen-bond donors (Lipinski definition) is 1. The van der Waals surface area contributed by atoms with Crippen LogP contribution in [0.15, 0.2) is 24.4 Å². The molecule has 1 atom stereocenters. The van der Waals surface area contributed by atoms with Gasteiger partial charge in [-0.3, -0.25) is 4.98 Å². The number of rotatable bonds is 4. The van der Waals surface area contributed by atoms with Gasteiger partial charge in [-0.1, -0.05) is 6.42 Å². The summed E-state index contributed by atoms with van der Waals surface area (Å²) >= 11 is 0. The average Bonchev–Trinajstić information content (AvgIpc) is 2.54. The number of pyridine rings is 2. The lowest BCUT2D eigenvalue weighted by atomic mass is 10.1. The smallest absolute Gasteiger partial charge is 0.213 e. The summed E-state index contributed by atoms with van der Waals surface area (Å²) in [6, 6.07) is 5.51. The molecule has 0 spiro atoms. The molecule has 3 rings (SSSR count). The molecule has 1 aliphatic rings. The summed E-state index contributed by atoms with van der Waals surface area (Å²) in [4.78, 5) is 11.1. The van der Waals surface area contributed by atoms with E-state index in [1.54, 1.807) is 19.4 Å². The van der Waals surface area contributed by atoms with Crippen molar-refractivity contribution in [3.8, 4) is 5.88 Å². The second-order valence-corrected chi connectivity index (χ2v) is 5.50. The predicted octanol–water partition coefficient (Wildman–Crippen LogP) is 2.16. The fourth-order valence-corrected chi connectivity index (χ4v) is 2.89. The molecular formula is C16H21N3O2. The van der Waals surface area contributed by atoms with E-state index in [4.69, 9.17) is 4.74 Å². The highest BCUT2D eigenvalue weighted by molar-refractivity contribution is 5.78. The first-order valence-electron chi connectivity index (χ1n) is 7.48. The molecule has 5 heteroatoms. The number of likely N-dealkylation sites (tertiary alicyclic amines) is 1. The van der Waals surface area contributed by atoms with Crippen LogP contribution in [0.25, 0.3) is 11.0 Å². The highest BCUT2D eigenvalue weighted by Gasteiger charge is 2.18. The highest BCUT2D eigenvalue weighted by atomic mass is 16.5. The van der Waals surface area contributed by atoms with Crippen molar-refractivity contribution in [1.29, 1.82) is 0 Å². The Morgan fingerprint density at radius 1 is 1.24 bits per heavy atom. The van der Waals surface area contributed by atoms with Crippen LogP contribution in [0.2, 0.25) is 0 Å². The fraction of sp³-hybridized carbons (Fsp3) is 0.500. The Morgan fingerprint density at radius 2 is 2.05 bits per heavy atom. The SMILES string of the molecule is COc1ccc2nccc([C@H](O)CN3CCCCC3)c2n1. The number of β-amino-alcohol motifs (C(OH)–C–C–N with tert-alkyl or cyclic N) is 1. The minimum absolute atomic E-state index is 0.543. The number of methoxy groups -OCH3 is 1. The van der Waals surface area contributed by atoms with Crippen LogP contribution in [0, 0.1) is 0 Å². The van der Waals surface area contributed by atoms with Gasteiger partial charge >= 0.3 is 0 Å². The summed E-state index contributed by atoms with van der Waals surface area (Å²) in [5.41, 5.74) is 2.33. The predicted molar refractivity (Wildman–Crippen MR) is 81.3 cm³/mol. The molecule has 2 aromatic rings. The third kappa shape index (κ3) is 3.14. The number of fused-ring (bicyclic) bond motifs is 1. The quantitative estimate of drug-likeness (QED) is 0.934. The second-order valence-electron chi connectivity index (χ2n) is 5.50. The van der Waals surface area contributed by atoms with Crippen LogP contribution in [0.4, 0.5) is 0 Å². The summed E-state index contributed by atoms with van der Waals surface area (Å²) in [6.45, 7) is 2.78. The zero-order valence-electron chi connectivity index (χ0n) is 12.3. The van der Waals surface area contributed by atoms with Gasteiger partial charge in [0.15, 0.2) is 0 Å². The number of aromatic nitrogens is 2. The lowest BCUT2D eigenvalue weighted by molar-refractivity contribution is 0.102. The minimum Gasteiger partial charge on any atom is -0.481 e. The van der Waals surface area contributed by atoms with Crippen molar-refractivity contribution in [2.24, 2.45) is 0 Å². The Kier molecular flexibility index (Phi) is 4.31. The minimum atomic E-state index is -0.548. The van der Waals surface area contributed by atoms with E-state index in [2.05, 4.69) is 14.9 Å². The molecule has 2 aromatic heterocycles. The molecule has 0 amide bonds. The Balaban J connectivity index is 1.87. The molecule has 0 aliphatic carbocycles. The largest absolute Gasteiger partial charge is 0.481 e. The third-order valence-corrected chi connectivity index (χ3v) is 4.04. The van der Waals surface area contributed by atoms with E-state index >= 15 is 0 Å². The Hall–Kier alpha value is -1.72. The summed E-state index contributed by atoms with van der Waals surface area (Å²) in [7, 11) is 1.59. The molecule has 0 saturated carbocycles. The van der Waals surface area contributed by atoms with E-state index in [1.165, 1.54) is 19.3 Å². The lowest BCUT2D eigenvalue weighted by Gasteiger charge is -2.28. The van der Waals surface area contributed by atoms with Gasteiger partial charge in [-0.25, -0.2) is 4.98 Å². The molecule has 1 N–H and O–H groups in total. The van der Waals surface area contributed by atoms with Crippen molar-refractivity contribution < 1.29 is 9.84 Å². The summed E-state index contributed by atoms with van der Waals surface area (Å²) < 4.78 is 5.18. The number of nitrogens with zero attached hydrogens (tertiary/aromatic N) is 3. The molecule has 0 aromatic carbocycles. The zero-order valence-corrected chi connectivity index (χ0v) is 12.3. The van der Waals surface area contributed by atoms with Crippen LogP contribution in [0.5, 0.6) is 5.88 Å². The molecule has 1 aliphatic heterocycles. The topological polar surface area (TPSA) is 58.5 Å². The fourth-order valence-electron chi connectivity index (χ4n) is 2.89. The molecule has 0 radical (unpaired) electrons. The number of aliphatic hydroxyl groups excluding tert-OH is 1. The van der Waals surface area contributed by atoms with Crippen LogP contribution < -0.4 is 4.74 Å². The van der Waals surface area contributed by atoms with Gasteiger partial charge in [0.25, 0.3) is 0 Å². The lowest BCUT2D eigenvalue weighted by Crippen LogP contribution is -2.33. The second kappa shape index (κ2) is 6.37. The van der Waals surface area contributed by atoms with Crippen molar-refractivity contribution in [1.82, 2.24) is 14.9 Å². The number of ether oxygens (including phenoxy) is 1. The molecule has 0 unspecified atom stereocenters. The summed E-state index contributed by atoms with van der Waals surface area (Å²) in [5.74, 6) is 0.543. The van der Waals surface area contributed by atoms with Gasteiger partial charge < -0.3 is 14.7 Å². The van der Waals surface area contributed by atoms with Crippen molar-refractivity contribution in [3.63, 3.8) is 0 Å². The molecule has 5 nitrogen and oxygen atoms in total. The van der Waals surface area contributed by atoms with Crippen LogP contribution in [0.1, 0.15) is 30.9 Å². The molecule has 3 heterocycles. The zero-order chi connectivity index (χ0) is 14.7. The third-order valence-electron chi connectivity index (χ3n) is 4.04. The first-order valence-corrected chi connectivity index (χ1v) is 7.48. The van der Waals surface area contributed by atoms with Crippen LogP contribution in [-0.4, -0.2) is 46.7 Å². The van der Waals surface area contributed by atoms with E-state index in [-0.39, 0.29) is 0 Å². The maximum atomic E-state index is 10.6. The summed E-state index contributed by atoms with van der Waals surface area (Å²) in [5, 5.41) is 10.6. The number of piperidine rings is 1. The van der Waals surface area contributed by atoms with E-state index in [1.807, 2.05) is 12.1 Å². The number of aliphatic hydroxyl groups is 1. The van der Waals surface area contributed by atoms with Crippen LogP contribution in [0.3, 0.4) is 0 Å². The Bertz CT molecular complexity index is 611. The van der Waals surface area contributed by atoms with Crippen molar-refractivity contribution in [3.05, 3.63) is 30.0 Å².